The van der Waals surface area contributed by atoms with Gasteiger partial charge >= 0.3 is 0 Å². The number of benzene rings is 2. The van der Waals surface area contributed by atoms with Gasteiger partial charge in [0.1, 0.15) is 5.82 Å². The van der Waals surface area contributed by atoms with E-state index in [1.165, 1.54) is 12.1 Å². The van der Waals surface area contributed by atoms with Gasteiger partial charge in [-0.1, -0.05) is 24.3 Å². The third-order valence-corrected chi connectivity index (χ3v) is 4.70. The predicted octanol–water partition coefficient (Wildman–Crippen LogP) is 2.78. The second-order valence-corrected chi connectivity index (χ2v) is 6.56. The number of rotatable bonds is 7. The van der Waals surface area contributed by atoms with Gasteiger partial charge in [-0.25, -0.2) is 4.39 Å². The highest BCUT2D eigenvalue weighted by molar-refractivity contribution is 5.94. The molecular formula is C21H25FN2O3. The first-order valence-electron chi connectivity index (χ1n) is 9.10. The Labute approximate surface area is 159 Å². The molecule has 0 unspecified atom stereocenters. The number of nitrogens with one attached hydrogen (secondary N) is 1. The molecule has 1 aliphatic heterocycles. The molecular weight excluding hydrogens is 347 g/mol. The quantitative estimate of drug-likeness (QED) is 0.812. The standard InChI is InChI=1S/C21H25FN2O3/c1-26-15-16-3-2-4-18(13-16)21(25)23-14-20(24-9-11-27-12-10-24)17-5-7-19(22)8-6-17/h2-8,13,20H,9-12,14-15H2,1H3,(H,23,25)/t20-/m0/s1. The minimum absolute atomic E-state index is 0.0272. The smallest absolute Gasteiger partial charge is 0.251 e. The van der Waals surface area contributed by atoms with E-state index in [-0.39, 0.29) is 17.8 Å². The number of hydrogen-bond acceptors (Lipinski definition) is 4. The van der Waals surface area contributed by atoms with Gasteiger partial charge in [-0.05, 0) is 35.4 Å². The van der Waals surface area contributed by atoms with Gasteiger partial charge in [-0.2, -0.15) is 0 Å². The molecule has 1 atom stereocenters. The topological polar surface area (TPSA) is 50.8 Å². The summed E-state index contributed by atoms with van der Waals surface area (Å²) in [7, 11) is 1.63. The average molecular weight is 372 g/mol. The summed E-state index contributed by atoms with van der Waals surface area (Å²) in [4.78, 5) is 14.9. The Hall–Kier alpha value is -2.28. The molecule has 1 heterocycles. The number of hydrogen-bond donors (Lipinski definition) is 1. The van der Waals surface area contributed by atoms with Crippen molar-refractivity contribution in [3.8, 4) is 0 Å². The number of carbonyl (C=O) groups is 1. The lowest BCUT2D eigenvalue weighted by Gasteiger charge is -2.35. The molecule has 0 radical (unpaired) electrons. The minimum Gasteiger partial charge on any atom is -0.380 e. The van der Waals surface area contributed by atoms with Crippen LogP contribution in [0.15, 0.2) is 48.5 Å². The van der Waals surface area contributed by atoms with Crippen LogP contribution in [0.2, 0.25) is 0 Å². The van der Waals surface area contributed by atoms with Crippen molar-refractivity contribution in [1.29, 1.82) is 0 Å². The van der Waals surface area contributed by atoms with Crippen molar-refractivity contribution in [2.45, 2.75) is 12.6 Å². The van der Waals surface area contributed by atoms with E-state index in [0.717, 1.165) is 24.2 Å². The molecule has 6 heteroatoms. The Kier molecular flexibility index (Phi) is 6.92. The lowest BCUT2D eigenvalue weighted by Crippen LogP contribution is -2.43. The molecule has 2 aromatic rings. The minimum atomic E-state index is -0.265. The zero-order valence-corrected chi connectivity index (χ0v) is 15.5. The summed E-state index contributed by atoms with van der Waals surface area (Å²) in [6, 6.07) is 13.8. The van der Waals surface area contributed by atoms with E-state index in [9.17, 15) is 9.18 Å². The fourth-order valence-corrected chi connectivity index (χ4v) is 3.29. The van der Waals surface area contributed by atoms with Gasteiger partial charge in [-0.3, -0.25) is 9.69 Å². The number of methoxy groups -OCH3 is 1. The molecule has 2 aromatic carbocycles. The summed E-state index contributed by atoms with van der Waals surface area (Å²) < 4.78 is 23.9. The van der Waals surface area contributed by atoms with Gasteiger partial charge in [0.25, 0.3) is 5.91 Å². The Morgan fingerprint density at radius 2 is 1.96 bits per heavy atom. The molecule has 1 aliphatic rings. The maximum Gasteiger partial charge on any atom is 0.251 e. The predicted molar refractivity (Wildman–Crippen MR) is 101 cm³/mol. The first kappa shape index (κ1) is 19.5. The highest BCUT2D eigenvalue weighted by Crippen LogP contribution is 2.22. The Bertz CT molecular complexity index is 745. The Morgan fingerprint density at radius 3 is 2.67 bits per heavy atom. The number of ether oxygens (including phenoxy) is 2. The van der Waals surface area contributed by atoms with Crippen LogP contribution in [-0.2, 0) is 16.1 Å². The van der Waals surface area contributed by atoms with Crippen LogP contribution in [0.1, 0.15) is 27.5 Å². The Balaban J connectivity index is 1.71. The number of nitrogens with zero attached hydrogens (tertiary/aromatic N) is 1. The molecule has 3 rings (SSSR count). The first-order valence-corrected chi connectivity index (χ1v) is 9.10. The van der Waals surface area contributed by atoms with E-state index in [2.05, 4.69) is 10.2 Å². The maximum atomic E-state index is 13.3. The van der Waals surface area contributed by atoms with E-state index in [1.807, 2.05) is 18.2 Å². The zero-order chi connectivity index (χ0) is 19.1. The van der Waals surface area contributed by atoms with Crippen LogP contribution in [0.4, 0.5) is 4.39 Å². The van der Waals surface area contributed by atoms with Crippen molar-refractivity contribution in [1.82, 2.24) is 10.2 Å². The summed E-state index contributed by atoms with van der Waals surface area (Å²) in [5.41, 5.74) is 2.53. The van der Waals surface area contributed by atoms with E-state index < -0.39 is 0 Å². The largest absolute Gasteiger partial charge is 0.380 e. The highest BCUT2D eigenvalue weighted by Gasteiger charge is 2.23. The molecule has 0 bridgehead atoms. The number of halogens is 1. The Morgan fingerprint density at radius 1 is 1.22 bits per heavy atom. The first-order chi connectivity index (χ1) is 13.2. The molecule has 0 saturated carbocycles. The normalized spacial score (nSPS) is 16.1. The van der Waals surface area contributed by atoms with E-state index in [4.69, 9.17) is 9.47 Å². The van der Waals surface area contributed by atoms with Crippen molar-refractivity contribution >= 4 is 5.91 Å². The molecule has 1 amide bonds. The molecule has 0 spiro atoms. The van der Waals surface area contributed by atoms with Crippen LogP contribution >= 0.6 is 0 Å². The monoisotopic (exact) mass is 372 g/mol. The average Bonchev–Trinajstić information content (AvgIpc) is 2.70. The van der Waals surface area contributed by atoms with Crippen molar-refractivity contribution in [3.05, 3.63) is 71.0 Å². The zero-order valence-electron chi connectivity index (χ0n) is 15.5. The third-order valence-electron chi connectivity index (χ3n) is 4.70. The summed E-state index contributed by atoms with van der Waals surface area (Å²) in [6.07, 6.45) is 0. The fourth-order valence-electron chi connectivity index (χ4n) is 3.29. The number of morpholine rings is 1. The second-order valence-electron chi connectivity index (χ2n) is 6.56. The third kappa shape index (κ3) is 5.35. The van der Waals surface area contributed by atoms with Crippen LogP contribution < -0.4 is 5.32 Å². The van der Waals surface area contributed by atoms with E-state index >= 15 is 0 Å². The molecule has 1 saturated heterocycles. The van der Waals surface area contributed by atoms with Crippen LogP contribution in [0.25, 0.3) is 0 Å². The van der Waals surface area contributed by atoms with Crippen molar-refractivity contribution in [3.63, 3.8) is 0 Å². The molecule has 0 aliphatic carbocycles. The van der Waals surface area contributed by atoms with Crippen LogP contribution in [0, 0.1) is 5.82 Å². The molecule has 5 nitrogen and oxygen atoms in total. The maximum absolute atomic E-state index is 13.3. The van der Waals surface area contributed by atoms with Gasteiger partial charge in [0.05, 0.1) is 25.9 Å². The van der Waals surface area contributed by atoms with E-state index in [0.29, 0.717) is 31.9 Å². The molecule has 27 heavy (non-hydrogen) atoms. The number of carbonyl (C=O) groups excluding carboxylic acids is 1. The second kappa shape index (κ2) is 9.60. The van der Waals surface area contributed by atoms with Gasteiger partial charge < -0.3 is 14.8 Å². The van der Waals surface area contributed by atoms with Crippen LogP contribution in [-0.4, -0.2) is 50.8 Å². The summed E-state index contributed by atoms with van der Waals surface area (Å²) in [6.45, 7) is 3.78. The van der Waals surface area contributed by atoms with Gasteiger partial charge in [0.15, 0.2) is 0 Å². The molecule has 1 fully saturated rings. The summed E-state index contributed by atoms with van der Waals surface area (Å²) in [5, 5.41) is 3.02. The highest BCUT2D eigenvalue weighted by atomic mass is 19.1. The van der Waals surface area contributed by atoms with Crippen LogP contribution in [0.5, 0.6) is 0 Å². The SMILES string of the molecule is COCc1cccc(C(=O)NC[C@@H](c2ccc(F)cc2)N2CCOCC2)c1. The number of amides is 1. The fraction of sp³-hybridized carbons (Fsp3) is 0.381. The van der Waals surface area contributed by atoms with Crippen molar-refractivity contribution in [2.24, 2.45) is 0 Å². The molecule has 144 valence electrons. The van der Waals surface area contributed by atoms with Gasteiger partial charge in [0.2, 0.25) is 0 Å². The van der Waals surface area contributed by atoms with Crippen molar-refractivity contribution in [2.75, 3.05) is 40.0 Å². The lowest BCUT2D eigenvalue weighted by molar-refractivity contribution is 0.0162. The molecule has 0 aromatic heterocycles. The van der Waals surface area contributed by atoms with Crippen LogP contribution in [0.3, 0.4) is 0 Å². The van der Waals surface area contributed by atoms with E-state index in [1.54, 1.807) is 25.3 Å². The molecule has 1 N–H and O–H groups in total. The summed E-state index contributed by atoms with van der Waals surface area (Å²) in [5.74, 6) is -0.396. The summed E-state index contributed by atoms with van der Waals surface area (Å²) >= 11 is 0. The van der Waals surface area contributed by atoms with Gasteiger partial charge in [0, 0.05) is 32.3 Å². The van der Waals surface area contributed by atoms with Crippen molar-refractivity contribution < 1.29 is 18.7 Å². The van der Waals surface area contributed by atoms with Gasteiger partial charge in [-0.15, -0.1) is 0 Å². The lowest BCUT2D eigenvalue weighted by atomic mass is 10.0.